The van der Waals surface area contributed by atoms with Gasteiger partial charge in [0.2, 0.25) is 0 Å². The summed E-state index contributed by atoms with van der Waals surface area (Å²) in [5, 5.41) is 38.7. The van der Waals surface area contributed by atoms with E-state index in [1.165, 1.54) is 25.4 Å². The van der Waals surface area contributed by atoms with Crippen molar-refractivity contribution in [2.45, 2.75) is 130 Å². The monoisotopic (exact) mass is 708 g/mol. The summed E-state index contributed by atoms with van der Waals surface area (Å²) in [5.74, 6) is 1.69. The van der Waals surface area contributed by atoms with Crippen LogP contribution in [0, 0.1) is 5.92 Å². The van der Waals surface area contributed by atoms with Gasteiger partial charge in [-0.3, -0.25) is 9.59 Å². The summed E-state index contributed by atoms with van der Waals surface area (Å²) in [5.41, 5.74) is 4.25. The quantitative estimate of drug-likeness (QED) is 0.0945. The number of rotatable bonds is 17. The van der Waals surface area contributed by atoms with E-state index in [1.54, 1.807) is 42.5 Å². The molecule has 284 valence electrons. The zero-order chi connectivity index (χ0) is 38.4. The molecule has 0 spiro atoms. The second-order valence-corrected chi connectivity index (χ2v) is 13.8. The van der Waals surface area contributed by atoms with Gasteiger partial charge in [0.05, 0.1) is 25.9 Å². The molecule has 8 nitrogen and oxygen atoms in total. The average Bonchev–Trinajstić information content (AvgIpc) is 3.10. The highest BCUT2D eigenvalue weighted by Crippen LogP contribution is 2.35. The van der Waals surface area contributed by atoms with Crippen LogP contribution in [0.4, 0.5) is 0 Å². The molecule has 0 saturated carbocycles. The topological polar surface area (TPSA) is 134 Å². The molecule has 2 aromatic carbocycles. The number of Topliss-reactive ketones (excluding diaryl/α,β-unsaturated/α-hetero) is 1. The van der Waals surface area contributed by atoms with Crippen LogP contribution in [0.3, 0.4) is 0 Å². The van der Waals surface area contributed by atoms with Crippen LogP contribution < -0.4 is 9.47 Å². The molecule has 0 aliphatic heterocycles. The number of hydrogen-bond donors (Lipinski definition) is 4. The van der Waals surface area contributed by atoms with E-state index in [2.05, 4.69) is 32.9 Å². The fraction of sp³-hybridized carbons (Fsp3) is 0.535. The molecular formula is C43H64O8. The van der Waals surface area contributed by atoms with Gasteiger partial charge in [-0.1, -0.05) is 55.4 Å². The number of aryl methyl sites for hydroxylation is 2. The Morgan fingerprint density at radius 3 is 2.00 bits per heavy atom. The molecule has 0 amide bonds. The van der Waals surface area contributed by atoms with Crippen molar-refractivity contribution < 1.29 is 39.5 Å². The van der Waals surface area contributed by atoms with Crippen LogP contribution in [-0.4, -0.2) is 57.9 Å². The number of carbonyl (C=O) groups excluding carboxylic acids is 2. The number of allylic oxidation sites excluding steroid dienone is 6. The Labute approximate surface area is 306 Å². The van der Waals surface area contributed by atoms with E-state index in [4.69, 9.17) is 9.47 Å². The van der Waals surface area contributed by atoms with E-state index >= 15 is 0 Å². The van der Waals surface area contributed by atoms with Crippen molar-refractivity contribution in [2.24, 2.45) is 5.92 Å². The molecule has 1 aliphatic rings. The molecule has 51 heavy (non-hydrogen) atoms. The number of aromatic hydroxyl groups is 2. The Morgan fingerprint density at radius 1 is 0.961 bits per heavy atom. The predicted molar refractivity (Wildman–Crippen MR) is 207 cm³/mol. The lowest BCUT2D eigenvalue weighted by Crippen LogP contribution is -2.35. The summed E-state index contributed by atoms with van der Waals surface area (Å²) in [6.45, 7) is 12.3. The minimum absolute atomic E-state index is 0.0522. The molecule has 0 aromatic heterocycles. The zero-order valence-corrected chi connectivity index (χ0v) is 32.3. The highest BCUT2D eigenvalue weighted by Gasteiger charge is 2.31. The summed E-state index contributed by atoms with van der Waals surface area (Å²) in [4.78, 5) is 23.0. The number of ketones is 2. The molecule has 0 fully saturated rings. The molecule has 0 bridgehead atoms. The Balaban J connectivity index is 0.000000383. The minimum atomic E-state index is -0.535. The van der Waals surface area contributed by atoms with E-state index in [1.807, 2.05) is 26.8 Å². The molecule has 3 unspecified atom stereocenters. The predicted octanol–water partition coefficient (Wildman–Crippen LogP) is 9.16. The van der Waals surface area contributed by atoms with Crippen LogP contribution in [0.1, 0.15) is 117 Å². The van der Waals surface area contributed by atoms with Crippen LogP contribution in [0.15, 0.2) is 71.8 Å². The highest BCUT2D eigenvalue weighted by molar-refractivity contribution is 5.89. The zero-order valence-electron chi connectivity index (χ0n) is 32.3. The van der Waals surface area contributed by atoms with Crippen LogP contribution in [0.2, 0.25) is 0 Å². The van der Waals surface area contributed by atoms with Gasteiger partial charge in [0.25, 0.3) is 0 Å². The molecule has 0 heterocycles. The second kappa shape index (κ2) is 24.3. The number of carbonyl (C=O) groups is 2. The van der Waals surface area contributed by atoms with E-state index in [9.17, 15) is 30.0 Å². The maximum absolute atomic E-state index is 11.6. The first-order valence-electron chi connectivity index (χ1n) is 18.3. The molecule has 8 heteroatoms. The largest absolute Gasteiger partial charge is 0.504 e. The number of aliphatic hydroxyl groups is 2. The maximum Gasteiger partial charge on any atom is 0.160 e. The number of hydrogen-bond acceptors (Lipinski definition) is 8. The van der Waals surface area contributed by atoms with Gasteiger partial charge in [-0.05, 0) is 133 Å². The van der Waals surface area contributed by atoms with Crippen molar-refractivity contribution in [1.82, 2.24) is 0 Å². The molecule has 3 atom stereocenters. The summed E-state index contributed by atoms with van der Waals surface area (Å²) < 4.78 is 10.0. The third-order valence-corrected chi connectivity index (χ3v) is 9.04. The molecule has 0 saturated heterocycles. The standard InChI is InChI=1S/C15H26O.C14H20O4.C14H18O3/c1-12(2)6-5-11-15(4,16)14-9-7-13(3)8-10-14;1-3-11(15)9-12(16)6-4-10-5-7-13(17)14(8-10)18-2;1-3-4-5-12(15)8-6-11-7-9-13(16)14(10-11)17-2/h6-7,14,16H,5,8-11H2,1-4H3;5,7-8,11,15,17H,3-4,6,9H2,1-2H3;4-5,7,9-10,16H,3,6,8H2,1-2H3/b;;5-4+. The van der Waals surface area contributed by atoms with Crippen LogP contribution >= 0.6 is 0 Å². The minimum Gasteiger partial charge on any atom is -0.504 e. The fourth-order valence-electron chi connectivity index (χ4n) is 5.54. The molecule has 0 radical (unpaired) electrons. The lowest BCUT2D eigenvalue weighted by molar-refractivity contribution is -0.121. The Kier molecular flexibility index (Phi) is 21.5. The first kappa shape index (κ1) is 45.1. The normalized spacial score (nSPS) is 15.6. The van der Waals surface area contributed by atoms with Crippen molar-refractivity contribution in [1.29, 1.82) is 0 Å². The molecule has 2 aromatic rings. The summed E-state index contributed by atoms with van der Waals surface area (Å²) in [6, 6.07) is 10.2. The van der Waals surface area contributed by atoms with Crippen LogP contribution in [-0.2, 0) is 22.4 Å². The van der Waals surface area contributed by atoms with Crippen molar-refractivity contribution in [2.75, 3.05) is 14.2 Å². The number of benzene rings is 2. The third kappa shape index (κ3) is 18.8. The second-order valence-electron chi connectivity index (χ2n) is 13.8. The van der Waals surface area contributed by atoms with Gasteiger partial charge in [-0.15, -0.1) is 0 Å². The lowest BCUT2D eigenvalue weighted by Gasteiger charge is -2.34. The number of aliphatic hydroxyl groups excluding tert-OH is 1. The smallest absolute Gasteiger partial charge is 0.160 e. The SMILES string of the molecule is CC(C)=CCCC(C)(O)C1CC=C(C)CC1.CC/C=C/C(=O)CCc1ccc(O)c(OC)c1.CCC(O)CC(=O)CCc1ccc(O)c(OC)c1. The number of ether oxygens (including phenoxy) is 2. The van der Waals surface area contributed by atoms with Gasteiger partial charge in [0.15, 0.2) is 28.8 Å². The van der Waals surface area contributed by atoms with E-state index in [0.29, 0.717) is 49.5 Å². The van der Waals surface area contributed by atoms with Gasteiger partial charge in [-0.2, -0.15) is 0 Å². The van der Waals surface area contributed by atoms with E-state index in [-0.39, 0.29) is 29.5 Å². The number of phenolic OH excluding ortho intramolecular Hbond substituents is 2. The van der Waals surface area contributed by atoms with Crippen LogP contribution in [0.5, 0.6) is 23.0 Å². The Bertz CT molecular complexity index is 1430. The Morgan fingerprint density at radius 2 is 1.53 bits per heavy atom. The number of methoxy groups -OCH3 is 2. The Hall–Kier alpha value is -3.88. The highest BCUT2D eigenvalue weighted by atomic mass is 16.5. The summed E-state index contributed by atoms with van der Waals surface area (Å²) in [7, 11) is 3.00. The first-order valence-corrected chi connectivity index (χ1v) is 18.3. The van der Waals surface area contributed by atoms with Gasteiger partial charge >= 0.3 is 0 Å². The van der Waals surface area contributed by atoms with Crippen molar-refractivity contribution >= 4 is 11.6 Å². The molecule has 1 aliphatic carbocycles. The molecule has 4 N–H and O–H groups in total. The van der Waals surface area contributed by atoms with Crippen molar-refractivity contribution in [3.63, 3.8) is 0 Å². The average molecular weight is 709 g/mol. The van der Waals surface area contributed by atoms with Gasteiger partial charge in [-0.25, -0.2) is 0 Å². The van der Waals surface area contributed by atoms with E-state index < -0.39 is 11.7 Å². The van der Waals surface area contributed by atoms with Gasteiger partial charge in [0, 0.05) is 19.3 Å². The van der Waals surface area contributed by atoms with Crippen LogP contribution in [0.25, 0.3) is 0 Å². The van der Waals surface area contributed by atoms with Gasteiger partial charge in [0.1, 0.15) is 5.78 Å². The van der Waals surface area contributed by atoms with E-state index in [0.717, 1.165) is 49.7 Å². The molecule has 3 rings (SSSR count). The summed E-state index contributed by atoms with van der Waals surface area (Å²) >= 11 is 0. The fourth-order valence-corrected chi connectivity index (χ4v) is 5.54. The van der Waals surface area contributed by atoms with Crippen molar-refractivity contribution in [3.05, 3.63) is 83.0 Å². The summed E-state index contributed by atoms with van der Waals surface area (Å²) in [6.07, 6.45) is 16.5. The van der Waals surface area contributed by atoms with Gasteiger partial charge < -0.3 is 29.9 Å². The third-order valence-electron chi connectivity index (χ3n) is 9.04. The maximum atomic E-state index is 11.6. The molecular weight excluding hydrogens is 644 g/mol. The lowest BCUT2D eigenvalue weighted by atomic mass is 9.76. The van der Waals surface area contributed by atoms with Crippen molar-refractivity contribution in [3.8, 4) is 23.0 Å². The first-order chi connectivity index (χ1) is 24.1. The number of phenols is 2.